The normalized spacial score (nSPS) is 9.92. The maximum absolute atomic E-state index is 13.3. The molecule has 63 valence electrons. The highest BCUT2D eigenvalue weighted by atomic mass is 19.1. The zero-order chi connectivity index (χ0) is 9.10. The van der Waals surface area contributed by atoms with E-state index in [0.29, 0.717) is 5.56 Å². The summed E-state index contributed by atoms with van der Waals surface area (Å²) in [4.78, 5) is 0. The van der Waals surface area contributed by atoms with Crippen molar-refractivity contribution in [2.45, 2.75) is 0 Å². The predicted octanol–water partition coefficient (Wildman–Crippen LogP) is 3.29. The Kier molecular flexibility index (Phi) is 2.09. The maximum atomic E-state index is 13.3. The molecule has 0 nitrogen and oxygen atoms in total. The van der Waals surface area contributed by atoms with Crippen molar-refractivity contribution in [3.8, 4) is 11.1 Å². The molecule has 2 aromatic carbocycles. The first-order valence-corrected chi connectivity index (χ1v) is 4.09. The van der Waals surface area contributed by atoms with Crippen LogP contribution in [-0.2, 0) is 0 Å². The molecule has 0 saturated carbocycles. The van der Waals surface area contributed by atoms with Crippen molar-refractivity contribution in [1.29, 1.82) is 0 Å². The third-order valence-corrected chi connectivity index (χ3v) is 1.90. The Hall–Kier alpha value is -1.63. The average molecular weight is 171 g/mol. The van der Waals surface area contributed by atoms with Crippen molar-refractivity contribution in [1.82, 2.24) is 0 Å². The molecule has 0 aliphatic carbocycles. The number of hydrogen-bond acceptors (Lipinski definition) is 0. The molecule has 0 aliphatic rings. The van der Waals surface area contributed by atoms with E-state index in [9.17, 15) is 4.39 Å². The van der Waals surface area contributed by atoms with Crippen molar-refractivity contribution in [2.75, 3.05) is 0 Å². The molecule has 0 aliphatic heterocycles. The van der Waals surface area contributed by atoms with Gasteiger partial charge in [0.2, 0.25) is 0 Å². The van der Waals surface area contributed by atoms with Crippen LogP contribution < -0.4 is 0 Å². The molecule has 1 heteroatoms. The summed E-state index contributed by atoms with van der Waals surface area (Å²) in [5.41, 5.74) is 1.49. The molecule has 13 heavy (non-hydrogen) atoms. The lowest BCUT2D eigenvalue weighted by molar-refractivity contribution is 0.631. The topological polar surface area (TPSA) is 0 Å². The molecule has 0 atom stereocenters. The van der Waals surface area contributed by atoms with Gasteiger partial charge in [-0.25, -0.2) is 4.39 Å². The van der Waals surface area contributed by atoms with E-state index < -0.39 is 0 Å². The van der Waals surface area contributed by atoms with E-state index in [1.165, 1.54) is 6.07 Å². The van der Waals surface area contributed by atoms with Crippen LogP contribution in [0.5, 0.6) is 0 Å². The first kappa shape index (κ1) is 7.99. The SMILES string of the molecule is Fc1cc[c]cc1-c1ccccc1. The predicted molar refractivity (Wildman–Crippen MR) is 50.7 cm³/mol. The first-order valence-electron chi connectivity index (χ1n) is 4.09. The van der Waals surface area contributed by atoms with Crippen molar-refractivity contribution < 1.29 is 4.39 Å². The van der Waals surface area contributed by atoms with Crippen LogP contribution in [0.2, 0.25) is 0 Å². The van der Waals surface area contributed by atoms with Crippen molar-refractivity contribution in [2.24, 2.45) is 0 Å². The fourth-order valence-electron chi connectivity index (χ4n) is 1.25. The Morgan fingerprint density at radius 2 is 1.77 bits per heavy atom. The fourth-order valence-corrected chi connectivity index (χ4v) is 1.25. The van der Waals surface area contributed by atoms with Crippen LogP contribution in [0.25, 0.3) is 11.1 Å². The monoisotopic (exact) mass is 171 g/mol. The summed E-state index contributed by atoms with van der Waals surface area (Å²) < 4.78 is 13.3. The highest BCUT2D eigenvalue weighted by molar-refractivity contribution is 5.63. The highest BCUT2D eigenvalue weighted by Gasteiger charge is 2.01. The fraction of sp³-hybridized carbons (Fsp3) is 0. The second-order valence-electron chi connectivity index (χ2n) is 2.77. The number of rotatable bonds is 1. The van der Waals surface area contributed by atoms with E-state index in [2.05, 4.69) is 6.07 Å². The molecule has 0 fully saturated rings. The Labute approximate surface area is 76.7 Å². The minimum Gasteiger partial charge on any atom is -0.206 e. The molecule has 2 aromatic rings. The summed E-state index contributed by atoms with van der Waals surface area (Å²) in [6, 6.07) is 17.0. The standard InChI is InChI=1S/C12H8F/c13-12-9-5-4-8-11(12)10-6-2-1-3-7-10/h1-3,5-9H. The van der Waals surface area contributed by atoms with Crippen LogP contribution in [0.1, 0.15) is 0 Å². The third kappa shape index (κ3) is 1.59. The second kappa shape index (κ2) is 3.40. The van der Waals surface area contributed by atoms with Gasteiger partial charge < -0.3 is 0 Å². The van der Waals surface area contributed by atoms with Gasteiger partial charge in [-0.3, -0.25) is 0 Å². The average Bonchev–Trinajstić information content (AvgIpc) is 2.20. The Morgan fingerprint density at radius 1 is 1.00 bits per heavy atom. The van der Waals surface area contributed by atoms with Gasteiger partial charge in [0.05, 0.1) is 0 Å². The Balaban J connectivity index is 2.54. The molecule has 0 aromatic heterocycles. The van der Waals surface area contributed by atoms with E-state index in [-0.39, 0.29) is 5.82 Å². The molecule has 0 unspecified atom stereocenters. The van der Waals surface area contributed by atoms with Gasteiger partial charge in [0, 0.05) is 5.56 Å². The van der Waals surface area contributed by atoms with Gasteiger partial charge in [0.25, 0.3) is 0 Å². The smallest absolute Gasteiger partial charge is 0.131 e. The van der Waals surface area contributed by atoms with Crippen molar-refractivity contribution in [3.05, 3.63) is 60.4 Å². The van der Waals surface area contributed by atoms with Crippen LogP contribution in [0.15, 0.2) is 48.5 Å². The number of benzene rings is 2. The lowest BCUT2D eigenvalue weighted by Gasteiger charge is -2.01. The first-order chi connectivity index (χ1) is 6.38. The van der Waals surface area contributed by atoms with Crippen LogP contribution in [0.3, 0.4) is 0 Å². The molecule has 1 radical (unpaired) electrons. The van der Waals surface area contributed by atoms with Crippen LogP contribution in [0, 0.1) is 11.9 Å². The van der Waals surface area contributed by atoms with Gasteiger partial charge in [0.1, 0.15) is 5.82 Å². The lowest BCUT2D eigenvalue weighted by atomic mass is 10.1. The third-order valence-electron chi connectivity index (χ3n) is 1.90. The maximum Gasteiger partial charge on any atom is 0.131 e. The van der Waals surface area contributed by atoms with Crippen LogP contribution >= 0.6 is 0 Å². The van der Waals surface area contributed by atoms with Gasteiger partial charge in [-0.15, -0.1) is 0 Å². The largest absolute Gasteiger partial charge is 0.206 e. The Bertz CT molecular complexity index is 393. The summed E-state index contributed by atoms with van der Waals surface area (Å²) in [5.74, 6) is -0.204. The number of halogens is 1. The second-order valence-corrected chi connectivity index (χ2v) is 2.77. The summed E-state index contributed by atoms with van der Waals surface area (Å²) in [6.45, 7) is 0. The minimum atomic E-state index is -0.204. The molecule has 0 spiro atoms. The molecular formula is C12H8F. The highest BCUT2D eigenvalue weighted by Crippen LogP contribution is 2.21. The van der Waals surface area contributed by atoms with Gasteiger partial charge >= 0.3 is 0 Å². The van der Waals surface area contributed by atoms with E-state index in [1.54, 1.807) is 12.1 Å². The van der Waals surface area contributed by atoms with Gasteiger partial charge in [0.15, 0.2) is 0 Å². The molecule has 0 saturated heterocycles. The summed E-state index contributed by atoms with van der Waals surface area (Å²) >= 11 is 0. The van der Waals surface area contributed by atoms with E-state index in [1.807, 2.05) is 30.3 Å². The van der Waals surface area contributed by atoms with Crippen molar-refractivity contribution >= 4 is 0 Å². The molecular weight excluding hydrogens is 163 g/mol. The minimum absolute atomic E-state index is 0.204. The molecule has 0 heterocycles. The van der Waals surface area contributed by atoms with Gasteiger partial charge in [-0.05, 0) is 23.8 Å². The summed E-state index contributed by atoms with van der Waals surface area (Å²) in [7, 11) is 0. The number of hydrogen-bond donors (Lipinski definition) is 0. The van der Waals surface area contributed by atoms with Gasteiger partial charge in [-0.2, -0.15) is 0 Å². The summed E-state index contributed by atoms with van der Waals surface area (Å²) in [5, 5.41) is 0. The quantitative estimate of drug-likeness (QED) is 0.617. The molecule has 0 N–H and O–H groups in total. The Morgan fingerprint density at radius 3 is 2.46 bits per heavy atom. The van der Waals surface area contributed by atoms with Crippen molar-refractivity contribution in [3.63, 3.8) is 0 Å². The van der Waals surface area contributed by atoms with E-state index in [4.69, 9.17) is 0 Å². The zero-order valence-corrected chi connectivity index (χ0v) is 7.00. The molecule has 2 rings (SSSR count). The van der Waals surface area contributed by atoms with Gasteiger partial charge in [-0.1, -0.05) is 36.4 Å². The lowest BCUT2D eigenvalue weighted by Crippen LogP contribution is -1.81. The summed E-state index contributed by atoms with van der Waals surface area (Å²) in [6.07, 6.45) is 0. The van der Waals surface area contributed by atoms with E-state index in [0.717, 1.165) is 5.56 Å². The molecule has 0 bridgehead atoms. The van der Waals surface area contributed by atoms with Crippen LogP contribution in [0.4, 0.5) is 4.39 Å². The molecule has 0 amide bonds. The van der Waals surface area contributed by atoms with E-state index >= 15 is 0 Å². The van der Waals surface area contributed by atoms with Crippen LogP contribution in [-0.4, -0.2) is 0 Å². The zero-order valence-electron chi connectivity index (χ0n) is 7.00.